The predicted molar refractivity (Wildman–Crippen MR) is 111 cm³/mol. The van der Waals surface area contributed by atoms with Crippen LogP contribution in [0.15, 0.2) is 29.4 Å². The molecule has 158 valence electrons. The van der Waals surface area contributed by atoms with Crippen molar-refractivity contribution in [3.63, 3.8) is 0 Å². The van der Waals surface area contributed by atoms with Gasteiger partial charge in [0.15, 0.2) is 5.03 Å². The van der Waals surface area contributed by atoms with Gasteiger partial charge in [-0.2, -0.15) is 13.5 Å². The Hall–Kier alpha value is -1.64. The second kappa shape index (κ2) is 8.62. The minimum absolute atomic E-state index is 0.0596. The van der Waals surface area contributed by atoms with E-state index in [0.29, 0.717) is 17.9 Å². The lowest BCUT2D eigenvalue weighted by Crippen LogP contribution is -2.32. The number of aromatic nitrogens is 3. The molecule has 1 aliphatic carbocycles. The van der Waals surface area contributed by atoms with E-state index in [0.717, 1.165) is 12.8 Å². The fraction of sp³-hybridized carbons (Fsp3) is 0.526. The molecule has 1 amide bonds. The molecule has 2 aromatic rings. The third-order valence-electron chi connectivity index (χ3n) is 5.29. The Bertz CT molecular complexity index is 1000. The quantitative estimate of drug-likeness (QED) is 0.623. The van der Waals surface area contributed by atoms with Crippen LogP contribution < -0.4 is 4.72 Å². The van der Waals surface area contributed by atoms with Gasteiger partial charge in [-0.15, -0.1) is 0 Å². The van der Waals surface area contributed by atoms with Gasteiger partial charge in [-0.1, -0.05) is 37.0 Å². The maximum atomic E-state index is 12.7. The first-order chi connectivity index (χ1) is 13.6. The van der Waals surface area contributed by atoms with Gasteiger partial charge in [0.05, 0.1) is 11.8 Å². The molecule has 0 bridgehead atoms. The van der Waals surface area contributed by atoms with Gasteiger partial charge >= 0.3 is 0 Å². The molecule has 0 aromatic carbocycles. The highest BCUT2D eigenvalue weighted by Crippen LogP contribution is 2.42. The fourth-order valence-corrected chi connectivity index (χ4v) is 5.43. The molecule has 2 heterocycles. The highest BCUT2D eigenvalue weighted by Gasteiger charge is 2.30. The predicted octanol–water partition coefficient (Wildman–Crippen LogP) is 4.31. The zero-order chi connectivity index (χ0) is 21.2. The number of aryl methyl sites for hydroxylation is 1. The number of hydrogen-bond acceptors (Lipinski definition) is 5. The number of pyridine rings is 1. The van der Waals surface area contributed by atoms with Crippen molar-refractivity contribution in [2.24, 2.45) is 11.3 Å². The van der Waals surface area contributed by atoms with Gasteiger partial charge in [-0.05, 0) is 61.6 Å². The lowest BCUT2D eigenvalue weighted by molar-refractivity contribution is 0.0981. The average molecular weight is 459 g/mol. The molecule has 1 fully saturated rings. The van der Waals surface area contributed by atoms with Gasteiger partial charge in [0, 0.05) is 6.54 Å². The standard InChI is InChI=1S/C19H24Cl2N4O3S/c1-19(2)9-7-13(12-19)4-3-11-25-16(8-10-22-25)29(27,28)24-18(26)14-5-6-15(20)23-17(14)21/h5-6,8,10,13H,3-4,7,9,11-12H2,1-2H3,(H,24,26). The summed E-state index contributed by atoms with van der Waals surface area (Å²) in [5.74, 6) is -0.208. The molecular weight excluding hydrogens is 435 g/mol. The van der Waals surface area contributed by atoms with Gasteiger partial charge < -0.3 is 0 Å². The maximum absolute atomic E-state index is 12.7. The van der Waals surface area contributed by atoms with Gasteiger partial charge in [0.2, 0.25) is 0 Å². The number of nitrogens with one attached hydrogen (secondary N) is 1. The molecule has 29 heavy (non-hydrogen) atoms. The molecule has 10 heteroatoms. The summed E-state index contributed by atoms with van der Waals surface area (Å²) < 4.78 is 28.8. The van der Waals surface area contributed by atoms with Crippen LogP contribution >= 0.6 is 23.2 Å². The molecule has 1 N–H and O–H groups in total. The summed E-state index contributed by atoms with van der Waals surface area (Å²) in [6.45, 7) is 5.05. The number of hydrogen-bond donors (Lipinski definition) is 1. The number of carbonyl (C=O) groups excluding carboxylic acids is 1. The zero-order valence-corrected chi connectivity index (χ0v) is 18.7. The Morgan fingerprint density at radius 1 is 1.31 bits per heavy atom. The highest BCUT2D eigenvalue weighted by molar-refractivity contribution is 7.90. The normalized spacial score (nSPS) is 18.7. The van der Waals surface area contributed by atoms with Crippen molar-refractivity contribution in [1.29, 1.82) is 0 Å². The number of halogens is 2. The highest BCUT2D eigenvalue weighted by atomic mass is 35.5. The summed E-state index contributed by atoms with van der Waals surface area (Å²) >= 11 is 11.6. The van der Waals surface area contributed by atoms with Crippen LogP contribution in [-0.4, -0.2) is 29.1 Å². The van der Waals surface area contributed by atoms with Crippen molar-refractivity contribution in [3.8, 4) is 0 Å². The largest absolute Gasteiger partial charge is 0.281 e. The van der Waals surface area contributed by atoms with Crippen LogP contribution in [0.4, 0.5) is 0 Å². The van der Waals surface area contributed by atoms with E-state index < -0.39 is 15.9 Å². The first kappa shape index (κ1) is 22.1. The molecule has 0 aliphatic heterocycles. The van der Waals surface area contributed by atoms with E-state index >= 15 is 0 Å². The monoisotopic (exact) mass is 458 g/mol. The number of carbonyl (C=O) groups is 1. The van der Waals surface area contributed by atoms with Crippen LogP contribution in [-0.2, 0) is 16.6 Å². The minimum Gasteiger partial charge on any atom is -0.268 e. The summed E-state index contributed by atoms with van der Waals surface area (Å²) in [4.78, 5) is 16.1. The second-order valence-electron chi connectivity index (χ2n) is 8.21. The van der Waals surface area contributed by atoms with E-state index in [4.69, 9.17) is 23.2 Å². The summed E-state index contributed by atoms with van der Waals surface area (Å²) in [6.07, 6.45) is 6.90. The molecule has 1 atom stereocenters. The third-order valence-corrected chi connectivity index (χ3v) is 7.14. The lowest BCUT2D eigenvalue weighted by atomic mass is 9.89. The Morgan fingerprint density at radius 2 is 2.07 bits per heavy atom. The van der Waals surface area contributed by atoms with Crippen molar-refractivity contribution in [3.05, 3.63) is 40.3 Å². The van der Waals surface area contributed by atoms with Gasteiger partial charge in [0.25, 0.3) is 15.9 Å². The Kier molecular flexibility index (Phi) is 6.55. The SMILES string of the molecule is CC1(C)CCC(CCCn2nccc2S(=O)(=O)NC(=O)c2ccc(Cl)nc2Cl)C1. The van der Waals surface area contributed by atoms with E-state index in [-0.39, 0.29) is 20.9 Å². The van der Waals surface area contributed by atoms with Crippen LogP contribution in [0, 0.1) is 11.3 Å². The molecule has 1 saturated carbocycles. The van der Waals surface area contributed by atoms with Crippen LogP contribution in [0.5, 0.6) is 0 Å². The summed E-state index contributed by atoms with van der Waals surface area (Å²) in [7, 11) is -4.11. The average Bonchev–Trinajstić information content (AvgIpc) is 3.21. The van der Waals surface area contributed by atoms with Crippen molar-refractivity contribution >= 4 is 39.1 Å². The second-order valence-corrected chi connectivity index (χ2v) is 10.6. The van der Waals surface area contributed by atoms with Crippen LogP contribution in [0.2, 0.25) is 10.3 Å². The Morgan fingerprint density at radius 3 is 2.72 bits per heavy atom. The zero-order valence-electron chi connectivity index (χ0n) is 16.4. The third kappa shape index (κ3) is 5.49. The smallest absolute Gasteiger partial charge is 0.268 e. The first-order valence-electron chi connectivity index (χ1n) is 9.48. The van der Waals surface area contributed by atoms with Crippen molar-refractivity contribution in [1.82, 2.24) is 19.5 Å². The molecule has 7 nitrogen and oxygen atoms in total. The van der Waals surface area contributed by atoms with Crippen LogP contribution in [0.25, 0.3) is 0 Å². The molecule has 1 aliphatic rings. The molecule has 3 rings (SSSR count). The number of amides is 1. The van der Waals surface area contributed by atoms with Crippen molar-refractivity contribution in [2.45, 2.75) is 57.5 Å². The molecular formula is C19H24Cl2N4O3S. The maximum Gasteiger partial charge on any atom is 0.281 e. The summed E-state index contributed by atoms with van der Waals surface area (Å²) in [5.41, 5.74) is 0.321. The molecule has 1 unspecified atom stereocenters. The Balaban J connectivity index is 1.64. The molecule has 2 aromatic heterocycles. The first-order valence-corrected chi connectivity index (χ1v) is 11.7. The molecule has 0 saturated heterocycles. The fourth-order valence-electron chi connectivity index (χ4n) is 3.88. The summed E-state index contributed by atoms with van der Waals surface area (Å²) in [5, 5.41) is 4.00. The van der Waals surface area contributed by atoms with Crippen molar-refractivity contribution in [2.75, 3.05) is 0 Å². The minimum atomic E-state index is -4.11. The van der Waals surface area contributed by atoms with Crippen LogP contribution in [0.3, 0.4) is 0 Å². The van der Waals surface area contributed by atoms with Gasteiger partial charge in [0.1, 0.15) is 10.3 Å². The summed E-state index contributed by atoms with van der Waals surface area (Å²) in [6, 6.07) is 4.06. The topological polar surface area (TPSA) is 94.0 Å². The van der Waals surface area contributed by atoms with Crippen LogP contribution in [0.1, 0.15) is 56.3 Å². The van der Waals surface area contributed by atoms with E-state index in [1.807, 2.05) is 4.72 Å². The van der Waals surface area contributed by atoms with Gasteiger partial charge in [-0.3, -0.25) is 9.48 Å². The van der Waals surface area contributed by atoms with E-state index in [9.17, 15) is 13.2 Å². The number of sulfonamides is 1. The van der Waals surface area contributed by atoms with Crippen molar-refractivity contribution < 1.29 is 13.2 Å². The van der Waals surface area contributed by atoms with E-state index in [1.165, 1.54) is 48.3 Å². The number of nitrogens with zero attached hydrogens (tertiary/aromatic N) is 3. The molecule has 0 radical (unpaired) electrons. The number of rotatable bonds is 7. The van der Waals surface area contributed by atoms with E-state index in [1.54, 1.807) is 0 Å². The lowest BCUT2D eigenvalue weighted by Gasteiger charge is -2.17. The molecule has 0 spiro atoms. The van der Waals surface area contributed by atoms with E-state index in [2.05, 4.69) is 23.9 Å². The van der Waals surface area contributed by atoms with Gasteiger partial charge in [-0.25, -0.2) is 9.71 Å². The Labute approximate surface area is 180 Å².